The summed E-state index contributed by atoms with van der Waals surface area (Å²) in [5.41, 5.74) is 11.5. The van der Waals surface area contributed by atoms with Gasteiger partial charge in [0.2, 0.25) is 0 Å². The zero-order valence-corrected chi connectivity index (χ0v) is 28.2. The number of hydrogen-bond acceptors (Lipinski definition) is 8. The van der Waals surface area contributed by atoms with E-state index in [1.54, 1.807) is 9.80 Å². The van der Waals surface area contributed by atoms with Crippen LogP contribution in [0.15, 0.2) is 0 Å². The van der Waals surface area contributed by atoms with Crippen LogP contribution in [0.2, 0.25) is 0 Å². The fourth-order valence-electron chi connectivity index (χ4n) is 9.18. The maximum Gasteiger partial charge on any atom is 0.410 e. The van der Waals surface area contributed by atoms with Crippen molar-refractivity contribution < 1.29 is 28.7 Å². The zero-order valence-electron chi connectivity index (χ0n) is 28.2. The van der Waals surface area contributed by atoms with E-state index in [0.29, 0.717) is 76.5 Å². The molecule has 10 heteroatoms. The lowest BCUT2D eigenvalue weighted by atomic mass is 9.66. The Hall–Kier alpha value is -2.20. The van der Waals surface area contributed by atoms with Gasteiger partial charge in [-0.1, -0.05) is 38.5 Å². The van der Waals surface area contributed by atoms with Gasteiger partial charge in [0.25, 0.3) is 0 Å². The predicted molar refractivity (Wildman–Crippen MR) is 176 cm³/mol. The molecule has 5 aliphatic rings. The fraction of sp³-hybridized carbons (Fsp3) is 0.889. The SMILES string of the molecule is NCC1(C(=O)C2CCN(C(=O)OC3CCCC(OC(=O)N4CCC(C(=O)C5(CN)CCCCC5)CC4)CCC3)CC2)CCCCC1. The first-order valence-corrected chi connectivity index (χ1v) is 18.7. The van der Waals surface area contributed by atoms with E-state index in [-0.39, 0.29) is 47.1 Å². The Morgan fingerprint density at radius 1 is 0.500 bits per heavy atom. The Kier molecular flexibility index (Phi) is 12.4. The van der Waals surface area contributed by atoms with Gasteiger partial charge in [-0.05, 0) is 89.9 Å². The van der Waals surface area contributed by atoms with Gasteiger partial charge < -0.3 is 30.7 Å². The van der Waals surface area contributed by atoms with Crippen LogP contribution in [0.1, 0.15) is 128 Å². The molecule has 0 bridgehead atoms. The number of piperidine rings is 2. The molecule has 3 saturated carbocycles. The molecule has 5 rings (SSSR count). The smallest absolute Gasteiger partial charge is 0.410 e. The lowest BCUT2D eigenvalue weighted by Gasteiger charge is -2.40. The van der Waals surface area contributed by atoms with Gasteiger partial charge in [0.1, 0.15) is 23.8 Å². The molecule has 4 N–H and O–H groups in total. The summed E-state index contributed by atoms with van der Waals surface area (Å²) < 4.78 is 11.9. The molecule has 2 amide bonds. The van der Waals surface area contributed by atoms with Gasteiger partial charge in [-0.3, -0.25) is 9.59 Å². The lowest BCUT2D eigenvalue weighted by molar-refractivity contribution is -0.136. The third kappa shape index (κ3) is 8.26. The molecule has 260 valence electrons. The summed E-state index contributed by atoms with van der Waals surface area (Å²) in [7, 11) is 0. The van der Waals surface area contributed by atoms with Crippen LogP contribution in [0.5, 0.6) is 0 Å². The van der Waals surface area contributed by atoms with Crippen molar-refractivity contribution in [2.45, 2.75) is 141 Å². The standard InChI is InChI=1S/C36H60N4O6/c37-25-35(17-3-1-4-18-35)31(41)27-13-21-39(22-14-27)33(43)45-29-9-7-11-30(12-8-10-29)46-34(44)40-23-15-28(16-24-40)32(42)36(26-38)19-5-2-6-20-36/h27-30H,1-26,37-38H2. The molecule has 10 nitrogen and oxygen atoms in total. The highest BCUT2D eigenvalue weighted by Crippen LogP contribution is 2.41. The van der Waals surface area contributed by atoms with Crippen molar-refractivity contribution in [3.05, 3.63) is 0 Å². The number of ketones is 2. The van der Waals surface area contributed by atoms with Crippen molar-refractivity contribution in [3.8, 4) is 0 Å². The third-order valence-electron chi connectivity index (χ3n) is 12.3. The number of Topliss-reactive ketones (excluding diaryl/α,β-unsaturated/α-hetero) is 2. The minimum absolute atomic E-state index is 0.00888. The number of carbonyl (C=O) groups is 4. The maximum absolute atomic E-state index is 13.4. The summed E-state index contributed by atoms with van der Waals surface area (Å²) in [6.45, 7) is 3.10. The normalized spacial score (nSPS) is 28.0. The monoisotopic (exact) mass is 644 g/mol. The average Bonchev–Trinajstić information content (AvgIpc) is 3.10. The molecule has 0 atom stereocenters. The van der Waals surface area contributed by atoms with E-state index >= 15 is 0 Å². The maximum atomic E-state index is 13.4. The number of nitrogens with zero attached hydrogens (tertiary/aromatic N) is 2. The van der Waals surface area contributed by atoms with E-state index in [1.165, 1.54) is 12.8 Å². The van der Waals surface area contributed by atoms with E-state index in [4.69, 9.17) is 20.9 Å². The number of carbonyl (C=O) groups excluding carboxylic acids is 4. The molecule has 2 heterocycles. The van der Waals surface area contributed by atoms with Crippen LogP contribution in [-0.2, 0) is 19.1 Å². The van der Waals surface area contributed by atoms with Gasteiger partial charge in [0, 0.05) is 61.9 Å². The number of ether oxygens (including phenoxy) is 2. The second-order valence-corrected chi connectivity index (χ2v) is 15.2. The van der Waals surface area contributed by atoms with Crippen molar-refractivity contribution in [3.63, 3.8) is 0 Å². The number of amides is 2. The van der Waals surface area contributed by atoms with Gasteiger partial charge >= 0.3 is 12.2 Å². The van der Waals surface area contributed by atoms with Crippen LogP contribution in [0.4, 0.5) is 9.59 Å². The molecular formula is C36H60N4O6. The molecule has 0 aromatic carbocycles. The number of hydrogen-bond donors (Lipinski definition) is 2. The second kappa shape index (κ2) is 16.3. The minimum Gasteiger partial charge on any atom is -0.446 e. The van der Waals surface area contributed by atoms with Gasteiger partial charge in [-0.15, -0.1) is 0 Å². The number of likely N-dealkylation sites (tertiary alicyclic amines) is 2. The Balaban J connectivity index is 0.991. The Bertz CT molecular complexity index is 949. The van der Waals surface area contributed by atoms with Crippen molar-refractivity contribution >= 4 is 23.8 Å². The molecule has 46 heavy (non-hydrogen) atoms. The molecule has 5 fully saturated rings. The summed E-state index contributed by atoms with van der Waals surface area (Å²) in [6.07, 6.45) is 16.9. The molecular weight excluding hydrogens is 584 g/mol. The quantitative estimate of drug-likeness (QED) is 0.341. The highest BCUT2D eigenvalue weighted by atomic mass is 16.6. The number of rotatable bonds is 8. The van der Waals surface area contributed by atoms with Crippen molar-refractivity contribution in [1.82, 2.24) is 9.80 Å². The fourth-order valence-corrected chi connectivity index (χ4v) is 9.18. The largest absolute Gasteiger partial charge is 0.446 e. The summed E-state index contributed by atoms with van der Waals surface area (Å²) >= 11 is 0. The third-order valence-corrected chi connectivity index (χ3v) is 12.3. The Morgan fingerprint density at radius 3 is 1.13 bits per heavy atom. The number of nitrogens with two attached hydrogens (primary N) is 2. The first-order chi connectivity index (χ1) is 22.3. The Morgan fingerprint density at radius 2 is 0.826 bits per heavy atom. The Labute approximate surface area is 276 Å². The van der Waals surface area contributed by atoms with Gasteiger partial charge in [0.05, 0.1) is 0 Å². The van der Waals surface area contributed by atoms with Crippen LogP contribution in [0, 0.1) is 22.7 Å². The highest BCUT2D eigenvalue weighted by Gasteiger charge is 2.44. The summed E-state index contributed by atoms with van der Waals surface area (Å²) in [6, 6.07) is 0. The van der Waals surface area contributed by atoms with Crippen LogP contribution in [0.25, 0.3) is 0 Å². The zero-order chi connectivity index (χ0) is 32.6. The van der Waals surface area contributed by atoms with Gasteiger partial charge in [0.15, 0.2) is 0 Å². The van der Waals surface area contributed by atoms with E-state index in [9.17, 15) is 19.2 Å². The van der Waals surface area contributed by atoms with Crippen molar-refractivity contribution in [1.29, 1.82) is 0 Å². The summed E-state index contributed by atoms with van der Waals surface area (Å²) in [5.74, 6) is 0.635. The molecule has 0 unspecified atom stereocenters. The molecule has 2 aliphatic heterocycles. The molecule has 2 saturated heterocycles. The average molecular weight is 645 g/mol. The van der Waals surface area contributed by atoms with Crippen LogP contribution in [-0.4, -0.2) is 85.0 Å². The summed E-state index contributed by atoms with van der Waals surface area (Å²) in [5, 5.41) is 0. The highest BCUT2D eigenvalue weighted by molar-refractivity contribution is 5.88. The second-order valence-electron chi connectivity index (χ2n) is 15.2. The first kappa shape index (κ1) is 35.1. The van der Waals surface area contributed by atoms with Gasteiger partial charge in [-0.25, -0.2) is 9.59 Å². The molecule has 0 aromatic heterocycles. The molecule has 0 radical (unpaired) electrons. The van der Waals surface area contributed by atoms with E-state index in [2.05, 4.69) is 0 Å². The van der Waals surface area contributed by atoms with Crippen LogP contribution >= 0.6 is 0 Å². The first-order valence-electron chi connectivity index (χ1n) is 18.7. The molecule has 3 aliphatic carbocycles. The van der Waals surface area contributed by atoms with E-state index in [1.807, 2.05) is 0 Å². The minimum atomic E-state index is -0.351. The predicted octanol–water partition coefficient (Wildman–Crippen LogP) is 5.73. The van der Waals surface area contributed by atoms with E-state index < -0.39 is 0 Å². The lowest BCUT2D eigenvalue weighted by Crippen LogP contribution is -2.48. The van der Waals surface area contributed by atoms with Gasteiger partial charge in [-0.2, -0.15) is 0 Å². The topological polar surface area (TPSA) is 145 Å². The van der Waals surface area contributed by atoms with Crippen LogP contribution in [0.3, 0.4) is 0 Å². The van der Waals surface area contributed by atoms with E-state index in [0.717, 1.165) is 89.9 Å². The van der Waals surface area contributed by atoms with Crippen molar-refractivity contribution in [2.75, 3.05) is 39.3 Å². The summed E-state index contributed by atoms with van der Waals surface area (Å²) in [4.78, 5) is 56.4. The molecule has 0 spiro atoms. The van der Waals surface area contributed by atoms with Crippen molar-refractivity contribution in [2.24, 2.45) is 34.1 Å². The molecule has 0 aromatic rings. The van der Waals surface area contributed by atoms with Crippen LogP contribution < -0.4 is 11.5 Å².